The summed E-state index contributed by atoms with van der Waals surface area (Å²) in [6, 6.07) is 6.30. The molecule has 0 saturated heterocycles. The Hall–Kier alpha value is -2.48. The van der Waals surface area contributed by atoms with Crippen LogP contribution in [0.3, 0.4) is 0 Å². The molecule has 1 aromatic rings. The third kappa shape index (κ3) is 7.37. The largest absolute Gasteiger partial charge is 0.466 e. The van der Waals surface area contributed by atoms with Crippen LogP contribution in [-0.2, 0) is 14.3 Å². The number of primary amides is 1. The highest BCUT2D eigenvalue weighted by molar-refractivity contribution is 7.80. The molecule has 1 aromatic carbocycles. The molecule has 0 atom stereocenters. The van der Waals surface area contributed by atoms with Crippen molar-refractivity contribution in [3.05, 3.63) is 29.8 Å². The Labute approximate surface area is 139 Å². The number of hydrogen-bond acceptors (Lipinski definition) is 5. The molecule has 1 rings (SSSR count). The van der Waals surface area contributed by atoms with Crippen LogP contribution >= 0.6 is 12.2 Å². The van der Waals surface area contributed by atoms with Crippen LogP contribution in [0.2, 0.25) is 0 Å². The molecule has 0 bridgehead atoms. The van der Waals surface area contributed by atoms with Gasteiger partial charge in [0.05, 0.1) is 13.0 Å². The summed E-state index contributed by atoms with van der Waals surface area (Å²) in [6.45, 7) is 2.24. The predicted octanol–water partition coefficient (Wildman–Crippen LogP) is 1.33. The average molecular weight is 337 g/mol. The molecule has 0 aliphatic rings. The van der Waals surface area contributed by atoms with E-state index in [1.165, 1.54) is 0 Å². The van der Waals surface area contributed by atoms with Gasteiger partial charge in [-0.05, 0) is 42.9 Å². The number of rotatable bonds is 7. The summed E-state index contributed by atoms with van der Waals surface area (Å²) in [5.41, 5.74) is 6.11. The van der Waals surface area contributed by atoms with Gasteiger partial charge in [-0.3, -0.25) is 14.4 Å². The Morgan fingerprint density at radius 1 is 1.17 bits per heavy atom. The third-order valence-corrected chi connectivity index (χ3v) is 2.91. The van der Waals surface area contributed by atoms with Gasteiger partial charge < -0.3 is 21.1 Å². The van der Waals surface area contributed by atoms with Crippen molar-refractivity contribution in [2.75, 3.05) is 11.9 Å². The zero-order chi connectivity index (χ0) is 17.2. The fraction of sp³-hybridized carbons (Fsp3) is 0.333. The summed E-state index contributed by atoms with van der Waals surface area (Å²) < 4.78 is 4.87. The minimum atomic E-state index is -0.526. The van der Waals surface area contributed by atoms with Crippen LogP contribution in [0.1, 0.15) is 36.5 Å². The zero-order valence-corrected chi connectivity index (χ0v) is 13.6. The van der Waals surface area contributed by atoms with Crippen molar-refractivity contribution in [3.8, 4) is 0 Å². The smallest absolute Gasteiger partial charge is 0.306 e. The van der Waals surface area contributed by atoms with E-state index in [9.17, 15) is 14.4 Å². The van der Waals surface area contributed by atoms with E-state index in [0.29, 0.717) is 17.9 Å². The van der Waals surface area contributed by atoms with Crippen LogP contribution in [0.5, 0.6) is 0 Å². The maximum absolute atomic E-state index is 11.7. The number of anilines is 1. The van der Waals surface area contributed by atoms with Crippen LogP contribution in [0.4, 0.5) is 5.69 Å². The average Bonchev–Trinajstić information content (AvgIpc) is 2.51. The monoisotopic (exact) mass is 337 g/mol. The minimum Gasteiger partial charge on any atom is -0.466 e. The summed E-state index contributed by atoms with van der Waals surface area (Å²) in [6.07, 6.45) is 0.729. The highest BCUT2D eigenvalue weighted by Crippen LogP contribution is 2.09. The number of carbonyl (C=O) groups excluding carboxylic acids is 3. The first-order valence-corrected chi connectivity index (χ1v) is 7.49. The summed E-state index contributed by atoms with van der Waals surface area (Å²) >= 11 is 5.00. The molecule has 0 aliphatic carbocycles. The van der Waals surface area contributed by atoms with Gasteiger partial charge in [-0.2, -0.15) is 0 Å². The van der Waals surface area contributed by atoms with E-state index in [4.69, 9.17) is 22.7 Å². The Kier molecular flexibility index (Phi) is 7.69. The first kappa shape index (κ1) is 18.6. The predicted molar refractivity (Wildman–Crippen MR) is 89.8 cm³/mol. The number of nitrogens with one attached hydrogen (secondary N) is 2. The van der Waals surface area contributed by atoms with Crippen molar-refractivity contribution in [1.82, 2.24) is 5.32 Å². The van der Waals surface area contributed by atoms with Crippen molar-refractivity contribution < 1.29 is 19.1 Å². The molecule has 0 unspecified atom stereocenters. The molecule has 0 spiro atoms. The number of carbonyl (C=O) groups is 3. The molecule has 4 N–H and O–H groups in total. The number of benzene rings is 1. The topological polar surface area (TPSA) is 111 Å². The van der Waals surface area contributed by atoms with Crippen LogP contribution in [0.15, 0.2) is 24.3 Å². The Morgan fingerprint density at radius 2 is 1.83 bits per heavy atom. The van der Waals surface area contributed by atoms with Crippen LogP contribution in [0, 0.1) is 0 Å². The Morgan fingerprint density at radius 3 is 2.39 bits per heavy atom. The number of nitrogens with two attached hydrogens (primary N) is 1. The van der Waals surface area contributed by atoms with Gasteiger partial charge in [0.2, 0.25) is 11.8 Å². The standard InChI is InChI=1S/C15H19N3O4S/c1-2-9-22-13(20)8-7-12(19)18-15(23)17-11-5-3-10(4-6-11)14(16)21/h3-6H,2,7-9H2,1H3,(H2,16,21)(H2,17,18,19,23). The van der Waals surface area contributed by atoms with E-state index in [-0.39, 0.29) is 23.9 Å². The molecule has 0 heterocycles. The lowest BCUT2D eigenvalue weighted by molar-refractivity contribution is -0.144. The molecule has 124 valence electrons. The normalized spacial score (nSPS) is 9.78. The van der Waals surface area contributed by atoms with E-state index < -0.39 is 11.9 Å². The van der Waals surface area contributed by atoms with Gasteiger partial charge in [0.15, 0.2) is 5.11 Å². The van der Waals surface area contributed by atoms with E-state index >= 15 is 0 Å². The van der Waals surface area contributed by atoms with Crippen LogP contribution in [0.25, 0.3) is 0 Å². The molecule has 2 amide bonds. The van der Waals surface area contributed by atoms with Gasteiger partial charge in [-0.1, -0.05) is 6.92 Å². The molecule has 7 nitrogen and oxygen atoms in total. The molecule has 0 aromatic heterocycles. The quantitative estimate of drug-likeness (QED) is 0.511. The lowest BCUT2D eigenvalue weighted by atomic mass is 10.2. The minimum absolute atomic E-state index is 0.00174. The zero-order valence-electron chi connectivity index (χ0n) is 12.8. The van der Waals surface area contributed by atoms with Gasteiger partial charge in [0.25, 0.3) is 0 Å². The van der Waals surface area contributed by atoms with Gasteiger partial charge in [-0.25, -0.2) is 0 Å². The molecule has 23 heavy (non-hydrogen) atoms. The van der Waals surface area contributed by atoms with E-state index in [2.05, 4.69) is 10.6 Å². The van der Waals surface area contributed by atoms with Crippen LogP contribution < -0.4 is 16.4 Å². The number of hydrogen-bond donors (Lipinski definition) is 3. The highest BCUT2D eigenvalue weighted by Gasteiger charge is 2.09. The first-order valence-electron chi connectivity index (χ1n) is 7.08. The maximum Gasteiger partial charge on any atom is 0.306 e. The van der Waals surface area contributed by atoms with Crippen molar-refractivity contribution in [3.63, 3.8) is 0 Å². The van der Waals surface area contributed by atoms with E-state index in [1.807, 2.05) is 6.92 Å². The number of amides is 2. The summed E-state index contributed by atoms with van der Waals surface area (Å²) in [5, 5.41) is 5.35. The molecular weight excluding hydrogens is 318 g/mol. The van der Waals surface area contributed by atoms with Gasteiger partial charge in [0.1, 0.15) is 0 Å². The second kappa shape index (κ2) is 9.52. The maximum atomic E-state index is 11.7. The van der Waals surface area contributed by atoms with Crippen molar-refractivity contribution in [1.29, 1.82) is 0 Å². The molecule has 0 aliphatic heterocycles. The van der Waals surface area contributed by atoms with Crippen LogP contribution in [-0.4, -0.2) is 29.5 Å². The van der Waals surface area contributed by atoms with Gasteiger partial charge in [0, 0.05) is 17.7 Å². The SMILES string of the molecule is CCCOC(=O)CCC(=O)NC(=S)Nc1ccc(C(N)=O)cc1. The van der Waals surface area contributed by atoms with E-state index in [0.717, 1.165) is 6.42 Å². The van der Waals surface area contributed by atoms with Gasteiger partial charge in [-0.15, -0.1) is 0 Å². The highest BCUT2D eigenvalue weighted by atomic mass is 32.1. The number of thiocarbonyl (C=S) groups is 1. The molecule has 0 saturated carbocycles. The summed E-state index contributed by atoms with van der Waals surface area (Å²) in [4.78, 5) is 33.9. The Balaban J connectivity index is 2.36. The Bertz CT molecular complexity index is 587. The second-order valence-electron chi connectivity index (χ2n) is 4.66. The van der Waals surface area contributed by atoms with Crippen molar-refractivity contribution >= 4 is 40.8 Å². The summed E-state index contributed by atoms with van der Waals surface area (Å²) in [7, 11) is 0. The second-order valence-corrected chi connectivity index (χ2v) is 5.07. The van der Waals surface area contributed by atoms with E-state index in [1.54, 1.807) is 24.3 Å². The third-order valence-electron chi connectivity index (χ3n) is 2.70. The van der Waals surface area contributed by atoms with Crippen molar-refractivity contribution in [2.45, 2.75) is 26.2 Å². The molecule has 0 fully saturated rings. The molecular formula is C15H19N3O4S. The fourth-order valence-corrected chi connectivity index (χ4v) is 1.80. The lowest BCUT2D eigenvalue weighted by Gasteiger charge is -2.09. The number of ether oxygens (including phenoxy) is 1. The lowest BCUT2D eigenvalue weighted by Crippen LogP contribution is -2.34. The van der Waals surface area contributed by atoms with Crippen molar-refractivity contribution in [2.24, 2.45) is 5.73 Å². The number of esters is 1. The first-order chi connectivity index (χ1) is 10.9. The molecule has 0 radical (unpaired) electrons. The summed E-state index contributed by atoms with van der Waals surface area (Å²) in [5.74, 6) is -1.32. The molecule has 8 heteroatoms. The fourth-order valence-electron chi connectivity index (χ4n) is 1.57. The van der Waals surface area contributed by atoms with Gasteiger partial charge >= 0.3 is 5.97 Å².